The molecule has 1 aliphatic rings. The molecule has 0 aromatic heterocycles. The van der Waals surface area contributed by atoms with Crippen LogP contribution in [0.25, 0.3) is 0 Å². The Morgan fingerprint density at radius 3 is 2.56 bits per heavy atom. The van der Waals surface area contributed by atoms with E-state index in [0.29, 0.717) is 5.02 Å². The third-order valence-corrected chi connectivity index (χ3v) is 4.88. The molecule has 0 aliphatic heterocycles. The van der Waals surface area contributed by atoms with Crippen molar-refractivity contribution in [3.05, 3.63) is 33.3 Å². The molecule has 98 valence electrons. The lowest BCUT2D eigenvalue weighted by atomic mass is 9.78. The molecule has 0 amide bonds. The fourth-order valence-electron chi connectivity index (χ4n) is 2.74. The second-order valence-electron chi connectivity index (χ2n) is 5.11. The fraction of sp³-hybridized carbons (Fsp3) is 0.533. The maximum atomic E-state index is 12.5. The molecule has 0 N–H and O–H groups in total. The largest absolute Gasteiger partial charge is 0.294 e. The number of Topliss-reactive ketones (excluding diaryl/α,β-unsaturated/α-hetero) is 1. The molecule has 0 radical (unpaired) electrons. The molecule has 1 aromatic rings. The first-order valence-electron chi connectivity index (χ1n) is 6.61. The van der Waals surface area contributed by atoms with E-state index in [2.05, 4.69) is 22.9 Å². The number of hydrogen-bond donors (Lipinski definition) is 0. The van der Waals surface area contributed by atoms with E-state index in [1.807, 2.05) is 6.07 Å². The normalized spacial score (nSPS) is 23.9. The number of hydrogen-bond acceptors (Lipinski definition) is 1. The molecule has 1 aliphatic carbocycles. The van der Waals surface area contributed by atoms with E-state index in [4.69, 9.17) is 11.6 Å². The molecule has 1 saturated carbocycles. The van der Waals surface area contributed by atoms with E-state index in [9.17, 15) is 4.79 Å². The number of halogens is 2. The highest BCUT2D eigenvalue weighted by Gasteiger charge is 2.27. The van der Waals surface area contributed by atoms with E-state index in [1.54, 1.807) is 12.1 Å². The van der Waals surface area contributed by atoms with Crippen molar-refractivity contribution in [1.82, 2.24) is 0 Å². The van der Waals surface area contributed by atoms with Crippen LogP contribution in [0, 0.1) is 11.8 Å². The number of benzene rings is 1. The summed E-state index contributed by atoms with van der Waals surface area (Å²) < 4.78 is 0.817. The Bertz CT molecular complexity index is 436. The predicted octanol–water partition coefficient (Wildman–Crippen LogP) is 5.50. The molecule has 3 heteroatoms. The van der Waals surface area contributed by atoms with Crippen LogP contribution in [0.2, 0.25) is 5.02 Å². The lowest BCUT2D eigenvalue weighted by Gasteiger charge is -2.27. The summed E-state index contributed by atoms with van der Waals surface area (Å²) in [6.07, 6.45) is 5.70. The van der Waals surface area contributed by atoms with Gasteiger partial charge in [0.25, 0.3) is 0 Å². The summed E-state index contributed by atoms with van der Waals surface area (Å²) >= 11 is 9.34. The van der Waals surface area contributed by atoms with Gasteiger partial charge in [-0.05, 0) is 65.7 Å². The minimum Gasteiger partial charge on any atom is -0.294 e. The molecule has 2 rings (SSSR count). The zero-order chi connectivity index (χ0) is 13.1. The first-order valence-corrected chi connectivity index (χ1v) is 7.78. The Hall–Kier alpha value is -0.340. The van der Waals surface area contributed by atoms with Gasteiger partial charge in [-0.15, -0.1) is 0 Å². The van der Waals surface area contributed by atoms with Crippen LogP contribution in [0.15, 0.2) is 22.7 Å². The van der Waals surface area contributed by atoms with E-state index in [-0.39, 0.29) is 11.7 Å². The summed E-state index contributed by atoms with van der Waals surface area (Å²) in [7, 11) is 0. The maximum absolute atomic E-state index is 12.5. The highest BCUT2D eigenvalue weighted by atomic mass is 79.9. The summed E-state index contributed by atoms with van der Waals surface area (Å²) in [6.45, 7) is 2.24. The molecular weight excluding hydrogens is 312 g/mol. The van der Waals surface area contributed by atoms with Crippen LogP contribution in [0.5, 0.6) is 0 Å². The molecule has 0 atom stereocenters. The lowest BCUT2D eigenvalue weighted by molar-refractivity contribution is 0.0870. The minimum atomic E-state index is 0.199. The monoisotopic (exact) mass is 328 g/mol. The second kappa shape index (κ2) is 6.21. The molecule has 1 aromatic carbocycles. The standard InChI is InChI=1S/C15H18BrClO/c1-2-10-3-5-11(6-4-10)15(18)13-8-7-12(17)9-14(13)16/h7-11H,2-6H2,1H3. The summed E-state index contributed by atoms with van der Waals surface area (Å²) in [6, 6.07) is 5.42. The van der Waals surface area contributed by atoms with Crippen molar-refractivity contribution in [2.24, 2.45) is 11.8 Å². The minimum absolute atomic E-state index is 0.199. The average Bonchev–Trinajstić information content (AvgIpc) is 2.38. The van der Waals surface area contributed by atoms with Crippen molar-refractivity contribution in [1.29, 1.82) is 0 Å². The average molecular weight is 330 g/mol. The van der Waals surface area contributed by atoms with Crippen molar-refractivity contribution in [2.45, 2.75) is 39.0 Å². The molecular formula is C15H18BrClO. The van der Waals surface area contributed by atoms with Gasteiger partial charge in [0.05, 0.1) is 0 Å². The first-order chi connectivity index (χ1) is 8.61. The Kier molecular flexibility index (Phi) is 4.85. The zero-order valence-electron chi connectivity index (χ0n) is 10.6. The topological polar surface area (TPSA) is 17.1 Å². The Balaban J connectivity index is 2.08. The molecule has 1 fully saturated rings. The van der Waals surface area contributed by atoms with Crippen LogP contribution >= 0.6 is 27.5 Å². The fourth-order valence-corrected chi connectivity index (χ4v) is 3.62. The van der Waals surface area contributed by atoms with Crippen molar-refractivity contribution in [3.8, 4) is 0 Å². The second-order valence-corrected chi connectivity index (χ2v) is 6.41. The van der Waals surface area contributed by atoms with Gasteiger partial charge in [0.2, 0.25) is 0 Å². The third-order valence-electron chi connectivity index (χ3n) is 3.99. The van der Waals surface area contributed by atoms with Gasteiger partial charge in [-0.1, -0.05) is 24.9 Å². The molecule has 0 bridgehead atoms. The summed E-state index contributed by atoms with van der Waals surface area (Å²) in [5.41, 5.74) is 0.777. The molecule has 18 heavy (non-hydrogen) atoms. The van der Waals surface area contributed by atoms with Gasteiger partial charge >= 0.3 is 0 Å². The van der Waals surface area contributed by atoms with Gasteiger partial charge in [-0.25, -0.2) is 0 Å². The van der Waals surface area contributed by atoms with Crippen molar-refractivity contribution in [3.63, 3.8) is 0 Å². The van der Waals surface area contributed by atoms with E-state index < -0.39 is 0 Å². The van der Waals surface area contributed by atoms with Crippen LogP contribution < -0.4 is 0 Å². The van der Waals surface area contributed by atoms with Crippen molar-refractivity contribution in [2.75, 3.05) is 0 Å². The number of ketones is 1. The van der Waals surface area contributed by atoms with Crippen LogP contribution in [-0.4, -0.2) is 5.78 Å². The zero-order valence-corrected chi connectivity index (χ0v) is 12.9. The third kappa shape index (κ3) is 3.16. The summed E-state index contributed by atoms with van der Waals surface area (Å²) in [4.78, 5) is 12.5. The van der Waals surface area contributed by atoms with E-state index in [1.165, 1.54) is 19.3 Å². The van der Waals surface area contributed by atoms with Crippen LogP contribution in [-0.2, 0) is 0 Å². The highest BCUT2D eigenvalue weighted by Crippen LogP contribution is 2.34. The Labute approximate surface area is 122 Å². The Morgan fingerprint density at radius 1 is 1.33 bits per heavy atom. The van der Waals surface area contributed by atoms with Crippen LogP contribution in [0.4, 0.5) is 0 Å². The van der Waals surface area contributed by atoms with E-state index in [0.717, 1.165) is 28.8 Å². The first kappa shape index (κ1) is 14.1. The van der Waals surface area contributed by atoms with Gasteiger partial charge in [-0.2, -0.15) is 0 Å². The van der Waals surface area contributed by atoms with Gasteiger partial charge in [0, 0.05) is 21.0 Å². The van der Waals surface area contributed by atoms with Gasteiger partial charge in [-0.3, -0.25) is 4.79 Å². The van der Waals surface area contributed by atoms with Crippen LogP contribution in [0.1, 0.15) is 49.4 Å². The number of rotatable bonds is 3. The molecule has 1 nitrogen and oxygen atoms in total. The molecule has 0 heterocycles. The number of carbonyl (C=O) groups excluding carboxylic acids is 1. The maximum Gasteiger partial charge on any atom is 0.167 e. The predicted molar refractivity (Wildman–Crippen MR) is 79.2 cm³/mol. The SMILES string of the molecule is CCC1CCC(C(=O)c2ccc(Cl)cc2Br)CC1. The smallest absolute Gasteiger partial charge is 0.167 e. The van der Waals surface area contributed by atoms with Crippen LogP contribution in [0.3, 0.4) is 0 Å². The highest BCUT2D eigenvalue weighted by molar-refractivity contribution is 9.10. The van der Waals surface area contributed by atoms with Gasteiger partial charge in [0.15, 0.2) is 5.78 Å². The Morgan fingerprint density at radius 2 is 2.00 bits per heavy atom. The molecule has 0 unspecified atom stereocenters. The summed E-state index contributed by atoms with van der Waals surface area (Å²) in [5, 5.41) is 0.660. The van der Waals surface area contributed by atoms with Crippen molar-refractivity contribution < 1.29 is 4.79 Å². The number of carbonyl (C=O) groups is 1. The van der Waals surface area contributed by atoms with Gasteiger partial charge < -0.3 is 0 Å². The van der Waals surface area contributed by atoms with Gasteiger partial charge in [0.1, 0.15) is 0 Å². The quantitative estimate of drug-likeness (QED) is 0.669. The molecule has 0 saturated heterocycles. The van der Waals surface area contributed by atoms with E-state index >= 15 is 0 Å². The summed E-state index contributed by atoms with van der Waals surface area (Å²) in [5.74, 6) is 1.29. The molecule has 0 spiro atoms. The lowest BCUT2D eigenvalue weighted by Crippen LogP contribution is -2.22. The van der Waals surface area contributed by atoms with Crippen molar-refractivity contribution >= 4 is 33.3 Å².